The molecular formula is C10H17FO3. The second-order valence-electron chi connectivity index (χ2n) is 3.88. The summed E-state index contributed by atoms with van der Waals surface area (Å²) in [6.07, 6.45) is 1.76. The molecule has 14 heavy (non-hydrogen) atoms. The van der Waals surface area contributed by atoms with Crippen molar-refractivity contribution in [3.63, 3.8) is 0 Å². The maximum atomic E-state index is 12.4. The number of hydrogen-bond donors (Lipinski definition) is 1. The Morgan fingerprint density at radius 1 is 1.57 bits per heavy atom. The van der Waals surface area contributed by atoms with E-state index in [9.17, 15) is 14.3 Å². The molecule has 82 valence electrons. The lowest BCUT2D eigenvalue weighted by Gasteiger charge is -2.32. The van der Waals surface area contributed by atoms with E-state index in [1.54, 1.807) is 6.92 Å². The molecule has 0 radical (unpaired) electrons. The number of rotatable bonds is 3. The highest BCUT2D eigenvalue weighted by atomic mass is 19.1. The van der Waals surface area contributed by atoms with Gasteiger partial charge in [-0.3, -0.25) is 4.79 Å². The molecule has 3 nitrogen and oxygen atoms in total. The Hall–Kier alpha value is -0.640. The van der Waals surface area contributed by atoms with Crippen LogP contribution in [0.15, 0.2) is 0 Å². The van der Waals surface area contributed by atoms with Crippen LogP contribution in [-0.2, 0) is 9.53 Å². The van der Waals surface area contributed by atoms with Gasteiger partial charge in [-0.25, -0.2) is 4.39 Å². The van der Waals surface area contributed by atoms with Gasteiger partial charge >= 0.3 is 5.97 Å². The normalized spacial score (nSPS) is 32.6. The molecule has 4 heteroatoms. The lowest BCUT2D eigenvalue weighted by atomic mass is 9.79. The minimum Gasteiger partial charge on any atom is -0.466 e. The van der Waals surface area contributed by atoms with Crippen LogP contribution in [0, 0.1) is 5.92 Å². The summed E-state index contributed by atoms with van der Waals surface area (Å²) in [4.78, 5) is 11.3. The van der Waals surface area contributed by atoms with Crippen molar-refractivity contribution >= 4 is 5.97 Å². The van der Waals surface area contributed by atoms with Crippen LogP contribution in [0.5, 0.6) is 0 Å². The van der Waals surface area contributed by atoms with Crippen LogP contribution in [0.3, 0.4) is 0 Å². The van der Waals surface area contributed by atoms with Gasteiger partial charge in [0.25, 0.3) is 0 Å². The number of aliphatic hydroxyl groups is 1. The second-order valence-corrected chi connectivity index (χ2v) is 3.88. The van der Waals surface area contributed by atoms with Crippen LogP contribution in [-0.4, -0.2) is 30.0 Å². The smallest absolute Gasteiger partial charge is 0.308 e. The van der Waals surface area contributed by atoms with Gasteiger partial charge in [-0.1, -0.05) is 0 Å². The van der Waals surface area contributed by atoms with Crippen molar-refractivity contribution in [2.24, 2.45) is 5.92 Å². The number of hydrogen-bond acceptors (Lipinski definition) is 3. The molecule has 0 spiro atoms. The highest BCUT2D eigenvalue weighted by Crippen LogP contribution is 2.32. The van der Waals surface area contributed by atoms with E-state index in [1.807, 2.05) is 0 Å². The SMILES string of the molecule is CCOC(=O)C1CCC(O)(CF)CC1. The Morgan fingerprint density at radius 3 is 2.57 bits per heavy atom. The van der Waals surface area contributed by atoms with Crippen molar-refractivity contribution < 1.29 is 19.0 Å². The summed E-state index contributed by atoms with van der Waals surface area (Å²) in [5.74, 6) is -0.366. The van der Waals surface area contributed by atoms with Gasteiger partial charge in [0.05, 0.1) is 18.1 Å². The van der Waals surface area contributed by atoms with Crippen LogP contribution < -0.4 is 0 Å². The maximum Gasteiger partial charge on any atom is 0.308 e. The molecule has 0 aromatic rings. The van der Waals surface area contributed by atoms with Crippen molar-refractivity contribution in [2.45, 2.75) is 38.2 Å². The van der Waals surface area contributed by atoms with E-state index >= 15 is 0 Å². The van der Waals surface area contributed by atoms with Gasteiger partial charge in [0, 0.05) is 0 Å². The fraction of sp³-hybridized carbons (Fsp3) is 0.900. The second kappa shape index (κ2) is 4.73. The summed E-state index contributed by atoms with van der Waals surface area (Å²) < 4.78 is 17.2. The number of halogens is 1. The molecule has 0 saturated heterocycles. The van der Waals surface area contributed by atoms with Gasteiger partial charge in [0.15, 0.2) is 0 Å². The van der Waals surface area contributed by atoms with E-state index in [1.165, 1.54) is 0 Å². The summed E-state index contributed by atoms with van der Waals surface area (Å²) in [5, 5.41) is 9.58. The molecule has 1 rings (SSSR count). The van der Waals surface area contributed by atoms with Gasteiger partial charge in [-0.15, -0.1) is 0 Å². The topological polar surface area (TPSA) is 46.5 Å². The lowest BCUT2D eigenvalue weighted by Crippen LogP contribution is -2.38. The van der Waals surface area contributed by atoms with Gasteiger partial charge in [0.1, 0.15) is 6.67 Å². The van der Waals surface area contributed by atoms with Crippen LogP contribution in [0.4, 0.5) is 4.39 Å². The van der Waals surface area contributed by atoms with Crippen molar-refractivity contribution in [1.29, 1.82) is 0 Å². The third-order valence-electron chi connectivity index (χ3n) is 2.78. The average Bonchev–Trinajstić information content (AvgIpc) is 2.19. The Labute approximate surface area is 83.3 Å². The standard InChI is InChI=1S/C10H17FO3/c1-2-14-9(12)8-3-5-10(13,7-11)6-4-8/h8,13H,2-7H2,1H3. The fourth-order valence-electron chi connectivity index (χ4n) is 1.78. The molecule has 1 aliphatic carbocycles. The summed E-state index contributed by atoms with van der Waals surface area (Å²) in [6.45, 7) is 1.42. The number of ether oxygens (including phenoxy) is 1. The molecule has 0 heterocycles. The van der Waals surface area contributed by atoms with E-state index in [2.05, 4.69) is 0 Å². The third kappa shape index (κ3) is 2.67. The van der Waals surface area contributed by atoms with Gasteiger partial charge < -0.3 is 9.84 Å². The number of carbonyl (C=O) groups is 1. The van der Waals surface area contributed by atoms with Crippen molar-refractivity contribution in [3.05, 3.63) is 0 Å². The fourth-order valence-corrected chi connectivity index (χ4v) is 1.78. The van der Waals surface area contributed by atoms with Crippen molar-refractivity contribution in [3.8, 4) is 0 Å². The van der Waals surface area contributed by atoms with Crippen LogP contribution in [0.1, 0.15) is 32.6 Å². The molecule has 0 bridgehead atoms. The largest absolute Gasteiger partial charge is 0.466 e. The van der Waals surface area contributed by atoms with Gasteiger partial charge in [-0.2, -0.15) is 0 Å². The zero-order chi connectivity index (χ0) is 10.6. The first kappa shape index (κ1) is 11.4. The van der Waals surface area contributed by atoms with Crippen LogP contribution in [0.2, 0.25) is 0 Å². The predicted molar refractivity (Wildman–Crippen MR) is 49.5 cm³/mol. The highest BCUT2D eigenvalue weighted by Gasteiger charge is 2.36. The minimum atomic E-state index is -1.19. The molecule has 1 fully saturated rings. The predicted octanol–water partition coefficient (Wildman–Crippen LogP) is 1.44. The van der Waals surface area contributed by atoms with E-state index < -0.39 is 12.3 Å². The molecule has 1 aliphatic rings. The highest BCUT2D eigenvalue weighted by molar-refractivity contribution is 5.72. The first-order valence-electron chi connectivity index (χ1n) is 5.06. The molecular weight excluding hydrogens is 187 g/mol. The molecule has 0 aliphatic heterocycles. The summed E-state index contributed by atoms with van der Waals surface area (Å²) in [6, 6.07) is 0. The lowest BCUT2D eigenvalue weighted by molar-refractivity contribution is -0.151. The zero-order valence-electron chi connectivity index (χ0n) is 8.46. The Morgan fingerprint density at radius 2 is 2.14 bits per heavy atom. The first-order valence-corrected chi connectivity index (χ1v) is 5.06. The van der Waals surface area contributed by atoms with Crippen molar-refractivity contribution in [2.75, 3.05) is 13.3 Å². The van der Waals surface area contributed by atoms with E-state index in [0.29, 0.717) is 32.3 Å². The van der Waals surface area contributed by atoms with E-state index in [4.69, 9.17) is 4.74 Å². The third-order valence-corrected chi connectivity index (χ3v) is 2.78. The van der Waals surface area contributed by atoms with E-state index in [-0.39, 0.29) is 11.9 Å². The Kier molecular flexibility index (Phi) is 3.86. The Bertz CT molecular complexity index is 198. The molecule has 1 saturated carbocycles. The molecule has 1 N–H and O–H groups in total. The van der Waals surface area contributed by atoms with E-state index in [0.717, 1.165) is 0 Å². The van der Waals surface area contributed by atoms with Crippen LogP contribution in [0.25, 0.3) is 0 Å². The molecule has 0 amide bonds. The molecule has 0 aromatic heterocycles. The average molecular weight is 204 g/mol. The Balaban J connectivity index is 2.39. The molecule has 0 atom stereocenters. The molecule has 0 aromatic carbocycles. The zero-order valence-corrected chi connectivity index (χ0v) is 8.46. The van der Waals surface area contributed by atoms with Gasteiger partial charge in [0.2, 0.25) is 0 Å². The summed E-state index contributed by atoms with van der Waals surface area (Å²) in [5.41, 5.74) is -1.19. The number of carbonyl (C=O) groups excluding carboxylic acids is 1. The quantitative estimate of drug-likeness (QED) is 0.707. The number of alkyl halides is 1. The first-order chi connectivity index (χ1) is 6.61. The monoisotopic (exact) mass is 204 g/mol. The molecule has 0 unspecified atom stereocenters. The summed E-state index contributed by atoms with van der Waals surface area (Å²) >= 11 is 0. The van der Waals surface area contributed by atoms with Crippen molar-refractivity contribution in [1.82, 2.24) is 0 Å². The summed E-state index contributed by atoms with van der Waals surface area (Å²) in [7, 11) is 0. The van der Waals surface area contributed by atoms with Crippen LogP contribution >= 0.6 is 0 Å². The van der Waals surface area contributed by atoms with Gasteiger partial charge in [-0.05, 0) is 32.6 Å². The maximum absolute atomic E-state index is 12.4. The number of esters is 1. The minimum absolute atomic E-state index is 0.151.